The molecule has 18 heavy (non-hydrogen) atoms. The zero-order valence-corrected chi connectivity index (χ0v) is 15.2. The molecule has 1 aromatic rings. The lowest BCUT2D eigenvalue weighted by Gasteiger charge is -2.08. The Morgan fingerprint density at radius 1 is 1.17 bits per heavy atom. The van der Waals surface area contributed by atoms with Gasteiger partial charge < -0.3 is 0 Å². The van der Waals surface area contributed by atoms with Crippen LogP contribution >= 0.6 is 33.2 Å². The van der Waals surface area contributed by atoms with E-state index in [1.807, 2.05) is 0 Å². The largest absolute Gasteiger partial charge is 0.107 e. The Kier molecular flexibility index (Phi) is 10.0. The lowest BCUT2D eigenvalue weighted by molar-refractivity contribution is 0.630. The molecule has 0 N–H and O–H groups in total. The van der Waals surface area contributed by atoms with Crippen molar-refractivity contribution in [3.8, 4) is 0 Å². The Balaban J connectivity index is 0.00000289. The number of hydrogen-bond donors (Lipinski definition) is 0. The highest BCUT2D eigenvalue weighted by molar-refractivity contribution is 14.0. The van der Waals surface area contributed by atoms with Gasteiger partial charge in [0.1, 0.15) is 0 Å². The average molecular weight is 376 g/mol. The second kappa shape index (κ2) is 9.97. The molecule has 0 radical (unpaired) electrons. The van der Waals surface area contributed by atoms with Crippen molar-refractivity contribution in [2.24, 2.45) is 11.8 Å². The SMILES string of the molecule is CC(C)CC=CC(C)CCc1ccccc1P.I. The number of aryl methyl sites for hydroxylation is 1. The van der Waals surface area contributed by atoms with Crippen LogP contribution in [-0.4, -0.2) is 0 Å². The van der Waals surface area contributed by atoms with Gasteiger partial charge in [-0.15, -0.1) is 33.2 Å². The number of benzene rings is 1. The van der Waals surface area contributed by atoms with E-state index in [9.17, 15) is 0 Å². The minimum Gasteiger partial charge on any atom is -0.107 e. The summed E-state index contributed by atoms with van der Waals surface area (Å²) in [7, 11) is 2.82. The second-order valence-corrected chi connectivity index (χ2v) is 5.89. The Hall–Kier alpha value is 0.120. The maximum absolute atomic E-state index is 2.82. The summed E-state index contributed by atoms with van der Waals surface area (Å²) in [5, 5.41) is 1.34. The second-order valence-electron chi connectivity index (χ2n) is 5.27. The summed E-state index contributed by atoms with van der Waals surface area (Å²) in [4.78, 5) is 0. The molecule has 0 aliphatic rings. The van der Waals surface area contributed by atoms with E-state index in [1.165, 1.54) is 30.1 Å². The van der Waals surface area contributed by atoms with Gasteiger partial charge in [0.15, 0.2) is 0 Å². The average Bonchev–Trinajstić information content (AvgIpc) is 2.27. The molecular formula is C16H26IP. The molecule has 0 amide bonds. The molecule has 0 aliphatic carbocycles. The fourth-order valence-electron chi connectivity index (χ4n) is 1.82. The van der Waals surface area contributed by atoms with Gasteiger partial charge in [-0.05, 0) is 42.0 Å². The molecular weight excluding hydrogens is 350 g/mol. The number of rotatable bonds is 6. The van der Waals surface area contributed by atoms with Crippen molar-refractivity contribution < 1.29 is 0 Å². The molecule has 2 unspecified atom stereocenters. The first-order valence-electron chi connectivity index (χ1n) is 6.59. The van der Waals surface area contributed by atoms with E-state index in [0.717, 1.165) is 5.92 Å². The zero-order chi connectivity index (χ0) is 12.7. The Labute approximate surface area is 132 Å². The van der Waals surface area contributed by atoms with E-state index < -0.39 is 0 Å². The van der Waals surface area contributed by atoms with E-state index >= 15 is 0 Å². The number of halogens is 1. The van der Waals surface area contributed by atoms with Crippen LogP contribution in [0.1, 0.15) is 39.2 Å². The highest BCUT2D eigenvalue weighted by atomic mass is 127. The molecule has 2 atom stereocenters. The van der Waals surface area contributed by atoms with Crippen LogP contribution < -0.4 is 5.30 Å². The molecule has 0 saturated heterocycles. The minimum absolute atomic E-state index is 0. The highest BCUT2D eigenvalue weighted by Crippen LogP contribution is 2.12. The molecule has 0 fully saturated rings. The predicted molar refractivity (Wildman–Crippen MR) is 97.3 cm³/mol. The molecule has 2 heteroatoms. The summed E-state index contributed by atoms with van der Waals surface area (Å²) < 4.78 is 0. The molecule has 0 nitrogen and oxygen atoms in total. The Morgan fingerprint density at radius 3 is 2.44 bits per heavy atom. The van der Waals surface area contributed by atoms with Crippen molar-refractivity contribution in [3.63, 3.8) is 0 Å². The molecule has 0 aliphatic heterocycles. The predicted octanol–water partition coefficient (Wildman–Crippen LogP) is 4.98. The van der Waals surface area contributed by atoms with E-state index in [2.05, 4.69) is 66.4 Å². The maximum atomic E-state index is 2.82. The number of hydrogen-bond acceptors (Lipinski definition) is 0. The third kappa shape index (κ3) is 7.53. The third-order valence-corrected chi connectivity index (χ3v) is 3.56. The summed E-state index contributed by atoms with van der Waals surface area (Å²) in [6, 6.07) is 8.62. The van der Waals surface area contributed by atoms with E-state index in [0.29, 0.717) is 5.92 Å². The van der Waals surface area contributed by atoms with Crippen LogP contribution in [0.2, 0.25) is 0 Å². The van der Waals surface area contributed by atoms with Crippen molar-refractivity contribution in [3.05, 3.63) is 42.0 Å². The van der Waals surface area contributed by atoms with Gasteiger partial charge in [-0.3, -0.25) is 0 Å². The van der Waals surface area contributed by atoms with Crippen LogP contribution in [0.25, 0.3) is 0 Å². The van der Waals surface area contributed by atoms with Gasteiger partial charge in [0.05, 0.1) is 0 Å². The van der Waals surface area contributed by atoms with E-state index in [-0.39, 0.29) is 24.0 Å². The Bertz CT molecular complexity index is 358. The first kappa shape index (κ1) is 18.1. The van der Waals surface area contributed by atoms with Gasteiger partial charge in [0.2, 0.25) is 0 Å². The monoisotopic (exact) mass is 376 g/mol. The van der Waals surface area contributed by atoms with Crippen LogP contribution in [0, 0.1) is 11.8 Å². The van der Waals surface area contributed by atoms with Crippen molar-refractivity contribution >= 4 is 38.5 Å². The summed E-state index contributed by atoms with van der Waals surface area (Å²) in [5.41, 5.74) is 1.46. The minimum atomic E-state index is 0. The van der Waals surface area contributed by atoms with E-state index in [4.69, 9.17) is 0 Å². The van der Waals surface area contributed by atoms with Gasteiger partial charge in [0, 0.05) is 0 Å². The van der Waals surface area contributed by atoms with Gasteiger partial charge in [-0.2, -0.15) is 0 Å². The first-order chi connectivity index (χ1) is 8.09. The van der Waals surface area contributed by atoms with Gasteiger partial charge in [-0.25, -0.2) is 0 Å². The summed E-state index contributed by atoms with van der Waals surface area (Å²) in [6.45, 7) is 6.83. The normalized spacial score (nSPS) is 12.7. The maximum Gasteiger partial charge on any atom is -0.0259 e. The molecule has 0 aromatic heterocycles. The lowest BCUT2D eigenvalue weighted by atomic mass is 9.99. The fraction of sp³-hybridized carbons (Fsp3) is 0.500. The van der Waals surface area contributed by atoms with Crippen molar-refractivity contribution in [1.29, 1.82) is 0 Å². The quantitative estimate of drug-likeness (QED) is 0.373. The highest BCUT2D eigenvalue weighted by Gasteiger charge is 2.01. The molecule has 1 aromatic carbocycles. The summed E-state index contributed by atoms with van der Waals surface area (Å²) in [6.07, 6.45) is 8.31. The molecule has 102 valence electrons. The third-order valence-electron chi connectivity index (χ3n) is 3.00. The van der Waals surface area contributed by atoms with Crippen molar-refractivity contribution in [2.75, 3.05) is 0 Å². The van der Waals surface area contributed by atoms with Crippen LogP contribution in [-0.2, 0) is 6.42 Å². The van der Waals surface area contributed by atoms with Crippen molar-refractivity contribution in [1.82, 2.24) is 0 Å². The van der Waals surface area contributed by atoms with Crippen molar-refractivity contribution in [2.45, 2.75) is 40.0 Å². The fourth-order valence-corrected chi connectivity index (χ4v) is 2.18. The first-order valence-corrected chi connectivity index (χ1v) is 7.17. The smallest absolute Gasteiger partial charge is 0.0259 e. The standard InChI is InChI=1S/C16H25P.HI/c1-13(2)7-6-8-14(3)11-12-15-9-4-5-10-16(15)17;/h4-6,8-10,13-14H,7,11-12,17H2,1-3H3;1H. The number of allylic oxidation sites excluding steroid dienone is 2. The van der Waals surface area contributed by atoms with Gasteiger partial charge >= 0.3 is 0 Å². The van der Waals surface area contributed by atoms with Crippen LogP contribution in [0.4, 0.5) is 0 Å². The van der Waals surface area contributed by atoms with Crippen LogP contribution in [0.3, 0.4) is 0 Å². The molecule has 0 bridgehead atoms. The Morgan fingerprint density at radius 2 is 1.83 bits per heavy atom. The van der Waals surface area contributed by atoms with Crippen LogP contribution in [0.15, 0.2) is 36.4 Å². The molecule has 0 spiro atoms. The van der Waals surface area contributed by atoms with Gasteiger partial charge in [0.25, 0.3) is 0 Å². The zero-order valence-electron chi connectivity index (χ0n) is 11.7. The summed E-state index contributed by atoms with van der Waals surface area (Å²) in [5.74, 6) is 1.45. The van der Waals surface area contributed by atoms with E-state index in [1.54, 1.807) is 0 Å². The molecule has 0 heterocycles. The van der Waals surface area contributed by atoms with Gasteiger partial charge in [-0.1, -0.05) is 57.2 Å². The molecule has 0 saturated carbocycles. The lowest BCUT2D eigenvalue weighted by Crippen LogP contribution is -2.03. The summed E-state index contributed by atoms with van der Waals surface area (Å²) >= 11 is 0. The topological polar surface area (TPSA) is 0 Å². The molecule has 1 rings (SSSR count). The van der Waals surface area contributed by atoms with Crippen LogP contribution in [0.5, 0.6) is 0 Å².